The molecule has 21 heavy (non-hydrogen) atoms. The van der Waals surface area contributed by atoms with E-state index in [1.807, 2.05) is 6.07 Å². The Bertz CT molecular complexity index is 559. The molecule has 1 saturated carbocycles. The van der Waals surface area contributed by atoms with Crippen LogP contribution in [0, 0.1) is 10.8 Å². The molecular formula is C18H26N2O. The van der Waals surface area contributed by atoms with Gasteiger partial charge in [-0.2, -0.15) is 0 Å². The number of aryl methyl sites for hydroxylation is 1. The highest BCUT2D eigenvalue weighted by Gasteiger charge is 2.38. The largest absolute Gasteiger partial charge is 0.398 e. The zero-order valence-corrected chi connectivity index (χ0v) is 12.9. The summed E-state index contributed by atoms with van der Waals surface area (Å²) in [5.41, 5.74) is 11.1. The van der Waals surface area contributed by atoms with Crippen LogP contribution in [0.1, 0.15) is 73.8 Å². The Morgan fingerprint density at radius 2 is 1.95 bits per heavy atom. The smallest absolute Gasteiger partial charge is 0.0866 e. The van der Waals surface area contributed by atoms with Crippen LogP contribution in [0.15, 0.2) is 6.07 Å². The zero-order valence-electron chi connectivity index (χ0n) is 12.9. The van der Waals surface area contributed by atoms with Crippen molar-refractivity contribution in [1.82, 2.24) is 0 Å². The summed E-state index contributed by atoms with van der Waals surface area (Å²) in [6, 6.07) is 2.05. The second-order valence-electron chi connectivity index (χ2n) is 7.05. The van der Waals surface area contributed by atoms with Crippen molar-refractivity contribution in [2.75, 3.05) is 5.73 Å². The van der Waals surface area contributed by atoms with Gasteiger partial charge in [-0.3, -0.25) is 0 Å². The maximum Gasteiger partial charge on any atom is 0.0866 e. The lowest BCUT2D eigenvalue weighted by Crippen LogP contribution is -2.29. The molecule has 1 unspecified atom stereocenters. The normalized spacial score (nSPS) is 21.8. The lowest BCUT2D eigenvalue weighted by molar-refractivity contribution is 0.00816. The summed E-state index contributed by atoms with van der Waals surface area (Å²) in [5.74, 6) is 0. The van der Waals surface area contributed by atoms with E-state index in [0.717, 1.165) is 43.2 Å². The van der Waals surface area contributed by atoms with Gasteiger partial charge in [0.2, 0.25) is 0 Å². The number of rotatable bonds is 3. The summed E-state index contributed by atoms with van der Waals surface area (Å²) < 4.78 is 0. The number of nitrogen functional groups attached to an aromatic ring is 1. The first-order chi connectivity index (χ1) is 10.1. The van der Waals surface area contributed by atoms with Gasteiger partial charge in [-0.1, -0.05) is 26.2 Å². The number of aliphatic hydroxyl groups is 1. The van der Waals surface area contributed by atoms with E-state index in [9.17, 15) is 5.11 Å². The minimum Gasteiger partial charge on any atom is -0.398 e. The third kappa shape index (κ3) is 2.38. The molecule has 3 nitrogen and oxygen atoms in total. The molecule has 3 heteroatoms. The van der Waals surface area contributed by atoms with Gasteiger partial charge in [0.25, 0.3) is 0 Å². The van der Waals surface area contributed by atoms with Gasteiger partial charge >= 0.3 is 0 Å². The quantitative estimate of drug-likeness (QED) is 0.585. The molecule has 1 aromatic rings. The highest BCUT2D eigenvalue weighted by molar-refractivity contribution is 5.87. The van der Waals surface area contributed by atoms with Crippen LogP contribution in [-0.2, 0) is 12.8 Å². The summed E-state index contributed by atoms with van der Waals surface area (Å²) in [4.78, 5) is 0. The first kappa shape index (κ1) is 14.6. The topological polar surface area (TPSA) is 70.1 Å². The van der Waals surface area contributed by atoms with Gasteiger partial charge in [0.15, 0.2) is 0 Å². The Labute approximate surface area is 127 Å². The average Bonchev–Trinajstić information content (AvgIpc) is 2.94. The van der Waals surface area contributed by atoms with Gasteiger partial charge in [-0.15, -0.1) is 0 Å². The Kier molecular flexibility index (Phi) is 3.78. The van der Waals surface area contributed by atoms with Crippen LogP contribution in [0.25, 0.3) is 0 Å². The summed E-state index contributed by atoms with van der Waals surface area (Å²) in [6.07, 6.45) is 9.82. The number of nitrogens with two attached hydrogens (primary N) is 1. The third-order valence-corrected chi connectivity index (χ3v) is 5.60. The monoisotopic (exact) mass is 286 g/mol. The molecule has 0 amide bonds. The number of benzene rings is 1. The fourth-order valence-corrected chi connectivity index (χ4v) is 4.23. The number of anilines is 1. The third-order valence-electron chi connectivity index (χ3n) is 5.60. The first-order valence-corrected chi connectivity index (χ1v) is 8.19. The predicted molar refractivity (Wildman–Crippen MR) is 86.9 cm³/mol. The Hall–Kier alpha value is -1.35. The van der Waals surface area contributed by atoms with E-state index in [1.165, 1.54) is 36.6 Å². The fourth-order valence-electron chi connectivity index (χ4n) is 4.23. The van der Waals surface area contributed by atoms with Crippen LogP contribution in [0.2, 0.25) is 0 Å². The van der Waals surface area contributed by atoms with Crippen LogP contribution in [0.5, 0.6) is 0 Å². The maximum absolute atomic E-state index is 11.1. The van der Waals surface area contributed by atoms with E-state index in [2.05, 4.69) is 6.92 Å². The van der Waals surface area contributed by atoms with Crippen molar-refractivity contribution in [2.24, 2.45) is 5.41 Å². The summed E-state index contributed by atoms with van der Waals surface area (Å²) in [7, 11) is 0. The number of aliphatic hydroxyl groups excluding tert-OH is 1. The molecule has 0 saturated heterocycles. The molecule has 4 N–H and O–H groups in total. The summed E-state index contributed by atoms with van der Waals surface area (Å²) in [5, 5.41) is 18.7. The van der Waals surface area contributed by atoms with Crippen molar-refractivity contribution >= 4 is 11.9 Å². The van der Waals surface area contributed by atoms with Crippen molar-refractivity contribution in [3.63, 3.8) is 0 Å². The summed E-state index contributed by atoms with van der Waals surface area (Å²) in [6.45, 7) is 2.20. The molecule has 2 aliphatic carbocycles. The van der Waals surface area contributed by atoms with E-state index >= 15 is 0 Å². The van der Waals surface area contributed by atoms with Crippen molar-refractivity contribution in [3.05, 3.63) is 28.3 Å². The Morgan fingerprint density at radius 3 is 2.62 bits per heavy atom. The van der Waals surface area contributed by atoms with Crippen LogP contribution < -0.4 is 5.73 Å². The highest BCUT2D eigenvalue weighted by Crippen LogP contribution is 2.49. The standard InChI is InChI=1S/C18H26N2O/c1-18(8-3-2-4-9-18)17(21)15-14-7-5-6-12(14)10-13(11-19)16(15)20/h10-11,17,19,21H,2-9,20H2,1H3. The molecule has 1 fully saturated rings. The number of hydrogen-bond acceptors (Lipinski definition) is 3. The second-order valence-corrected chi connectivity index (χ2v) is 7.05. The molecule has 0 radical (unpaired) electrons. The highest BCUT2D eigenvalue weighted by atomic mass is 16.3. The fraction of sp³-hybridized carbons (Fsp3) is 0.611. The van der Waals surface area contributed by atoms with Crippen molar-refractivity contribution in [2.45, 2.75) is 64.4 Å². The maximum atomic E-state index is 11.1. The molecule has 0 aliphatic heterocycles. The SMILES string of the molecule is CC1(C(O)c2c(N)c(C=N)cc3c2CCC3)CCCCC1. The zero-order chi connectivity index (χ0) is 15.0. The van der Waals surface area contributed by atoms with Gasteiger partial charge in [0, 0.05) is 23.0 Å². The van der Waals surface area contributed by atoms with Crippen molar-refractivity contribution < 1.29 is 5.11 Å². The van der Waals surface area contributed by atoms with E-state index in [-0.39, 0.29) is 5.41 Å². The molecule has 3 rings (SSSR count). The molecule has 114 valence electrons. The van der Waals surface area contributed by atoms with Gasteiger partial charge in [0.1, 0.15) is 0 Å². The van der Waals surface area contributed by atoms with Crippen LogP contribution in [-0.4, -0.2) is 11.3 Å². The number of nitrogens with one attached hydrogen (secondary N) is 1. The van der Waals surface area contributed by atoms with Gasteiger partial charge in [-0.25, -0.2) is 0 Å². The molecule has 0 spiro atoms. The van der Waals surface area contributed by atoms with E-state index in [1.54, 1.807) is 0 Å². The van der Waals surface area contributed by atoms with E-state index in [0.29, 0.717) is 5.69 Å². The molecule has 0 heterocycles. The number of hydrogen-bond donors (Lipinski definition) is 3. The number of fused-ring (bicyclic) bond motifs is 1. The lowest BCUT2D eigenvalue weighted by atomic mass is 9.69. The van der Waals surface area contributed by atoms with E-state index in [4.69, 9.17) is 11.1 Å². The van der Waals surface area contributed by atoms with Crippen LogP contribution in [0.4, 0.5) is 5.69 Å². The molecule has 1 atom stereocenters. The molecule has 2 aliphatic rings. The van der Waals surface area contributed by atoms with Crippen LogP contribution in [0.3, 0.4) is 0 Å². The molecule has 1 aromatic carbocycles. The molecular weight excluding hydrogens is 260 g/mol. The predicted octanol–water partition coefficient (Wildman–Crippen LogP) is 3.76. The second kappa shape index (κ2) is 5.45. The minimum atomic E-state index is -0.496. The van der Waals surface area contributed by atoms with Gasteiger partial charge in [0.05, 0.1) is 6.10 Å². The Balaban J connectivity index is 2.08. The van der Waals surface area contributed by atoms with Crippen molar-refractivity contribution in [3.8, 4) is 0 Å². The Morgan fingerprint density at radius 1 is 1.24 bits per heavy atom. The summed E-state index contributed by atoms with van der Waals surface area (Å²) >= 11 is 0. The first-order valence-electron chi connectivity index (χ1n) is 8.19. The van der Waals surface area contributed by atoms with Gasteiger partial charge < -0.3 is 16.2 Å². The van der Waals surface area contributed by atoms with Crippen LogP contribution >= 0.6 is 0 Å². The van der Waals surface area contributed by atoms with Gasteiger partial charge in [-0.05, 0) is 54.7 Å². The van der Waals surface area contributed by atoms with E-state index < -0.39 is 6.10 Å². The molecule has 0 aromatic heterocycles. The minimum absolute atomic E-state index is 0.0661. The lowest BCUT2D eigenvalue weighted by Gasteiger charge is -2.39. The van der Waals surface area contributed by atoms with Crippen molar-refractivity contribution in [1.29, 1.82) is 5.41 Å². The average molecular weight is 286 g/mol. The molecule has 0 bridgehead atoms.